The van der Waals surface area contributed by atoms with Crippen molar-refractivity contribution in [3.63, 3.8) is 0 Å². The lowest BCUT2D eigenvalue weighted by Gasteiger charge is -2.23. The fraction of sp³-hybridized carbons (Fsp3) is 0.765. The van der Waals surface area contributed by atoms with E-state index >= 15 is 0 Å². The Bertz CT molecular complexity index is 384. The number of hydrogen-bond acceptors (Lipinski definition) is 3. The zero-order valence-corrected chi connectivity index (χ0v) is 14.1. The van der Waals surface area contributed by atoms with E-state index in [2.05, 4.69) is 57.9 Å². The molecular formula is C17H32N2O. The summed E-state index contributed by atoms with van der Waals surface area (Å²) in [5, 5.41) is 3.48. The molecule has 3 nitrogen and oxygen atoms in total. The van der Waals surface area contributed by atoms with Gasteiger partial charge in [0.05, 0.1) is 6.54 Å². The van der Waals surface area contributed by atoms with Gasteiger partial charge in [-0.05, 0) is 45.8 Å². The van der Waals surface area contributed by atoms with Crippen LogP contribution in [-0.4, -0.2) is 24.5 Å². The average molecular weight is 280 g/mol. The summed E-state index contributed by atoms with van der Waals surface area (Å²) in [6, 6.07) is 2.81. The van der Waals surface area contributed by atoms with Gasteiger partial charge in [0.25, 0.3) is 0 Å². The highest BCUT2D eigenvalue weighted by atomic mass is 16.3. The summed E-state index contributed by atoms with van der Waals surface area (Å²) in [6.45, 7) is 13.9. The lowest BCUT2D eigenvalue weighted by molar-refractivity contribution is 0.218. The molecule has 20 heavy (non-hydrogen) atoms. The van der Waals surface area contributed by atoms with Gasteiger partial charge in [0.1, 0.15) is 11.5 Å². The molecule has 116 valence electrons. The topological polar surface area (TPSA) is 28.4 Å². The molecule has 1 N–H and O–H groups in total. The van der Waals surface area contributed by atoms with E-state index in [-0.39, 0.29) is 0 Å². The second-order valence-corrected chi connectivity index (χ2v) is 6.37. The molecule has 0 saturated heterocycles. The molecule has 0 amide bonds. The van der Waals surface area contributed by atoms with Gasteiger partial charge in [-0.2, -0.15) is 0 Å². The molecule has 1 aromatic heterocycles. The van der Waals surface area contributed by atoms with Gasteiger partial charge in [-0.25, -0.2) is 0 Å². The molecule has 1 unspecified atom stereocenters. The van der Waals surface area contributed by atoms with Crippen LogP contribution in [0.15, 0.2) is 10.5 Å². The molecule has 0 aliphatic rings. The van der Waals surface area contributed by atoms with Gasteiger partial charge in [0.15, 0.2) is 0 Å². The van der Waals surface area contributed by atoms with E-state index in [1.807, 2.05) is 0 Å². The highest BCUT2D eigenvalue weighted by Crippen LogP contribution is 2.17. The van der Waals surface area contributed by atoms with Crippen LogP contribution in [0.1, 0.15) is 57.6 Å². The number of furan rings is 1. The minimum absolute atomic E-state index is 0.605. The zero-order valence-electron chi connectivity index (χ0n) is 14.1. The second-order valence-electron chi connectivity index (χ2n) is 6.37. The van der Waals surface area contributed by atoms with E-state index in [0.29, 0.717) is 12.0 Å². The molecule has 1 heterocycles. The van der Waals surface area contributed by atoms with Gasteiger partial charge in [-0.3, -0.25) is 4.90 Å². The third-order valence-corrected chi connectivity index (χ3v) is 3.80. The summed E-state index contributed by atoms with van der Waals surface area (Å²) in [4.78, 5) is 2.37. The van der Waals surface area contributed by atoms with Crippen LogP contribution in [0.3, 0.4) is 0 Å². The lowest BCUT2D eigenvalue weighted by Crippen LogP contribution is -2.28. The lowest BCUT2D eigenvalue weighted by atomic mass is 10.1. The van der Waals surface area contributed by atoms with Crippen molar-refractivity contribution in [2.75, 3.05) is 13.6 Å². The van der Waals surface area contributed by atoms with Crippen molar-refractivity contribution in [3.8, 4) is 0 Å². The molecule has 0 radical (unpaired) electrons. The van der Waals surface area contributed by atoms with E-state index in [9.17, 15) is 0 Å². The maximum absolute atomic E-state index is 5.89. The summed E-state index contributed by atoms with van der Waals surface area (Å²) in [5.41, 5.74) is 1.29. The van der Waals surface area contributed by atoms with Gasteiger partial charge in [0.2, 0.25) is 0 Å². The molecule has 0 aliphatic carbocycles. The van der Waals surface area contributed by atoms with Crippen LogP contribution >= 0.6 is 0 Å². The van der Waals surface area contributed by atoms with Gasteiger partial charge >= 0.3 is 0 Å². The van der Waals surface area contributed by atoms with E-state index in [4.69, 9.17) is 4.42 Å². The second kappa shape index (κ2) is 8.48. The number of hydrogen-bond donors (Lipinski definition) is 1. The van der Waals surface area contributed by atoms with E-state index < -0.39 is 0 Å². The number of aryl methyl sites for hydroxylation is 1. The predicted molar refractivity (Wildman–Crippen MR) is 85.8 cm³/mol. The molecule has 0 saturated carbocycles. The average Bonchev–Trinajstić information content (AvgIpc) is 2.69. The standard InChI is InChI=1S/C17H32N2O/c1-7-8-14(4)19(6)12-17-9-16(15(5)20-17)11-18-10-13(2)3/h9,13-14,18H,7-8,10-12H2,1-6H3. The fourth-order valence-corrected chi connectivity index (χ4v) is 2.38. The van der Waals surface area contributed by atoms with Crippen molar-refractivity contribution in [2.24, 2.45) is 5.92 Å². The van der Waals surface area contributed by atoms with E-state index in [1.165, 1.54) is 18.4 Å². The molecule has 1 aromatic rings. The molecule has 0 spiro atoms. The predicted octanol–water partition coefficient (Wildman–Crippen LogP) is 3.95. The minimum atomic E-state index is 0.605. The highest BCUT2D eigenvalue weighted by molar-refractivity contribution is 5.20. The van der Waals surface area contributed by atoms with Crippen molar-refractivity contribution in [3.05, 3.63) is 23.2 Å². The van der Waals surface area contributed by atoms with Crippen LogP contribution in [0, 0.1) is 12.8 Å². The monoisotopic (exact) mass is 280 g/mol. The SMILES string of the molecule is CCCC(C)N(C)Cc1cc(CNCC(C)C)c(C)o1. The Morgan fingerprint density at radius 2 is 2.00 bits per heavy atom. The number of nitrogens with zero attached hydrogens (tertiary/aromatic N) is 1. The third-order valence-electron chi connectivity index (χ3n) is 3.80. The molecule has 0 aromatic carbocycles. The van der Waals surface area contributed by atoms with Crippen LogP contribution < -0.4 is 5.32 Å². The first-order valence-corrected chi connectivity index (χ1v) is 7.93. The molecule has 1 atom stereocenters. The van der Waals surface area contributed by atoms with Crippen LogP contribution in [0.2, 0.25) is 0 Å². The quantitative estimate of drug-likeness (QED) is 0.742. The molecule has 0 aliphatic heterocycles. The van der Waals surface area contributed by atoms with Crippen LogP contribution in [-0.2, 0) is 13.1 Å². The Labute approximate surface area is 124 Å². The van der Waals surface area contributed by atoms with Crippen molar-refractivity contribution < 1.29 is 4.42 Å². The summed E-state index contributed by atoms with van der Waals surface area (Å²) in [7, 11) is 2.18. The molecule has 3 heteroatoms. The first-order chi connectivity index (χ1) is 9.43. The summed E-state index contributed by atoms with van der Waals surface area (Å²) >= 11 is 0. The summed E-state index contributed by atoms with van der Waals surface area (Å²) in [6.07, 6.45) is 2.46. The van der Waals surface area contributed by atoms with E-state index in [0.717, 1.165) is 31.2 Å². The fourth-order valence-electron chi connectivity index (χ4n) is 2.38. The van der Waals surface area contributed by atoms with Crippen LogP contribution in [0.4, 0.5) is 0 Å². The van der Waals surface area contributed by atoms with Gasteiger partial charge in [-0.15, -0.1) is 0 Å². The highest BCUT2D eigenvalue weighted by Gasteiger charge is 2.13. The first kappa shape index (κ1) is 17.3. The molecular weight excluding hydrogens is 248 g/mol. The van der Waals surface area contributed by atoms with Crippen LogP contribution in [0.5, 0.6) is 0 Å². The van der Waals surface area contributed by atoms with Gasteiger partial charge in [-0.1, -0.05) is 27.2 Å². The zero-order chi connectivity index (χ0) is 15.1. The summed E-state index contributed by atoms with van der Waals surface area (Å²) < 4.78 is 5.89. The van der Waals surface area contributed by atoms with Gasteiger partial charge in [0, 0.05) is 18.2 Å². The number of nitrogens with one attached hydrogen (secondary N) is 1. The van der Waals surface area contributed by atoms with Gasteiger partial charge < -0.3 is 9.73 Å². The first-order valence-electron chi connectivity index (χ1n) is 7.93. The van der Waals surface area contributed by atoms with Crippen molar-refractivity contribution in [1.82, 2.24) is 10.2 Å². The molecule has 0 bridgehead atoms. The maximum Gasteiger partial charge on any atom is 0.118 e. The van der Waals surface area contributed by atoms with Crippen molar-refractivity contribution >= 4 is 0 Å². The Morgan fingerprint density at radius 1 is 1.30 bits per heavy atom. The molecule has 1 rings (SSSR count). The Balaban J connectivity index is 2.51. The van der Waals surface area contributed by atoms with Crippen molar-refractivity contribution in [2.45, 2.75) is 66.6 Å². The smallest absolute Gasteiger partial charge is 0.118 e. The normalized spacial score (nSPS) is 13.4. The number of rotatable bonds is 9. The third kappa shape index (κ3) is 5.68. The minimum Gasteiger partial charge on any atom is -0.465 e. The summed E-state index contributed by atoms with van der Waals surface area (Å²) in [5.74, 6) is 2.81. The van der Waals surface area contributed by atoms with Crippen molar-refractivity contribution in [1.29, 1.82) is 0 Å². The Hall–Kier alpha value is -0.800. The van der Waals surface area contributed by atoms with E-state index in [1.54, 1.807) is 0 Å². The Kier molecular flexibility index (Phi) is 7.31. The maximum atomic E-state index is 5.89. The Morgan fingerprint density at radius 3 is 2.60 bits per heavy atom. The molecule has 0 fully saturated rings. The largest absolute Gasteiger partial charge is 0.465 e. The van der Waals surface area contributed by atoms with Crippen LogP contribution in [0.25, 0.3) is 0 Å².